The third-order valence-corrected chi connectivity index (χ3v) is 2.73. The van der Waals surface area contributed by atoms with Gasteiger partial charge in [0.1, 0.15) is 18.0 Å². The van der Waals surface area contributed by atoms with Gasteiger partial charge in [-0.3, -0.25) is 0 Å². The minimum Gasteiger partial charge on any atom is -0.462 e. The fourth-order valence-corrected chi connectivity index (χ4v) is 1.79. The zero-order valence-corrected chi connectivity index (χ0v) is 9.38. The average molecular weight is 262 g/mol. The van der Waals surface area contributed by atoms with Gasteiger partial charge in [0.25, 0.3) is 6.02 Å². The van der Waals surface area contributed by atoms with Crippen LogP contribution in [0.1, 0.15) is 18.1 Å². The Kier molecular flexibility index (Phi) is 2.71. The summed E-state index contributed by atoms with van der Waals surface area (Å²) >= 11 is 0. The molecule has 0 spiro atoms. The van der Waals surface area contributed by atoms with Crippen LogP contribution in [-0.2, 0) is 16.5 Å². The third kappa shape index (κ3) is 2.12. The van der Waals surface area contributed by atoms with Crippen LogP contribution < -0.4 is 5.73 Å². The van der Waals surface area contributed by atoms with Crippen molar-refractivity contribution in [1.82, 2.24) is 0 Å². The number of aliphatic imine (C=N–C) groups is 1. The molecule has 1 heterocycles. The molecule has 2 rings (SSSR count). The Bertz CT molecular complexity index is 512. The van der Waals surface area contributed by atoms with Gasteiger partial charge >= 0.3 is 6.18 Å². The van der Waals surface area contributed by atoms with Crippen molar-refractivity contribution < 1.29 is 22.3 Å². The molecule has 0 amide bonds. The molecule has 0 fully saturated rings. The van der Waals surface area contributed by atoms with Crippen LogP contribution in [-0.4, -0.2) is 12.6 Å². The number of halogens is 4. The number of hydrogen-bond acceptors (Lipinski definition) is 3. The molecule has 7 heteroatoms. The SMILES string of the molecule is C[C@]1(c2ccc(C(F)(F)F)cc2F)COC(N)=N1. The highest BCUT2D eigenvalue weighted by Crippen LogP contribution is 2.35. The Balaban J connectivity index is 2.43. The molecule has 1 aliphatic heterocycles. The number of hydrogen-bond donors (Lipinski definition) is 1. The molecule has 1 aromatic rings. The van der Waals surface area contributed by atoms with E-state index >= 15 is 0 Å². The van der Waals surface area contributed by atoms with Gasteiger partial charge < -0.3 is 10.5 Å². The quantitative estimate of drug-likeness (QED) is 0.790. The van der Waals surface area contributed by atoms with E-state index in [1.54, 1.807) is 6.92 Å². The Morgan fingerprint density at radius 2 is 2.06 bits per heavy atom. The van der Waals surface area contributed by atoms with E-state index in [0.29, 0.717) is 6.07 Å². The first kappa shape index (κ1) is 12.7. The van der Waals surface area contributed by atoms with Gasteiger partial charge in [-0.2, -0.15) is 13.2 Å². The van der Waals surface area contributed by atoms with Gasteiger partial charge in [-0.15, -0.1) is 0 Å². The van der Waals surface area contributed by atoms with Crippen LogP contribution in [0.25, 0.3) is 0 Å². The summed E-state index contributed by atoms with van der Waals surface area (Å²) in [4.78, 5) is 3.89. The van der Waals surface area contributed by atoms with E-state index in [1.807, 2.05) is 0 Å². The Morgan fingerprint density at radius 3 is 2.50 bits per heavy atom. The van der Waals surface area contributed by atoms with Crippen molar-refractivity contribution in [1.29, 1.82) is 0 Å². The summed E-state index contributed by atoms with van der Waals surface area (Å²) in [6, 6.07) is 2.22. The zero-order valence-electron chi connectivity index (χ0n) is 9.38. The topological polar surface area (TPSA) is 47.6 Å². The molecule has 18 heavy (non-hydrogen) atoms. The largest absolute Gasteiger partial charge is 0.462 e. The predicted molar refractivity (Wildman–Crippen MR) is 56.3 cm³/mol. The molecule has 3 nitrogen and oxygen atoms in total. The molecule has 0 saturated carbocycles. The second kappa shape index (κ2) is 3.86. The third-order valence-electron chi connectivity index (χ3n) is 2.73. The zero-order chi connectivity index (χ0) is 13.6. The summed E-state index contributed by atoms with van der Waals surface area (Å²) in [5.41, 5.74) is 3.22. The molecule has 0 unspecified atom stereocenters. The Hall–Kier alpha value is -1.79. The first-order chi connectivity index (χ1) is 8.22. The van der Waals surface area contributed by atoms with Crippen LogP contribution >= 0.6 is 0 Å². The minimum atomic E-state index is -4.57. The smallest absolute Gasteiger partial charge is 0.416 e. The second-order valence-electron chi connectivity index (χ2n) is 4.20. The highest BCUT2D eigenvalue weighted by Gasteiger charge is 2.37. The highest BCUT2D eigenvalue weighted by atomic mass is 19.4. The Morgan fingerprint density at radius 1 is 1.39 bits per heavy atom. The number of nitrogens with two attached hydrogens (primary N) is 1. The van der Waals surface area contributed by atoms with Crippen molar-refractivity contribution in [3.05, 3.63) is 35.1 Å². The van der Waals surface area contributed by atoms with Crippen molar-refractivity contribution in [3.63, 3.8) is 0 Å². The van der Waals surface area contributed by atoms with Gasteiger partial charge in [0, 0.05) is 5.56 Å². The van der Waals surface area contributed by atoms with E-state index < -0.39 is 23.1 Å². The molecule has 0 saturated heterocycles. The summed E-state index contributed by atoms with van der Waals surface area (Å²) in [6.07, 6.45) is -4.57. The standard InChI is InChI=1S/C11H10F4N2O/c1-10(5-18-9(16)17-10)7-3-2-6(4-8(7)12)11(13,14)15/h2-4H,5H2,1H3,(H2,16,17)/t10-/m1/s1. The first-order valence-corrected chi connectivity index (χ1v) is 5.08. The van der Waals surface area contributed by atoms with Gasteiger partial charge in [0.2, 0.25) is 0 Å². The fourth-order valence-electron chi connectivity index (χ4n) is 1.79. The Labute approximate surface area is 100 Å². The molecule has 0 aliphatic carbocycles. The van der Waals surface area contributed by atoms with Gasteiger partial charge in [0.05, 0.1) is 5.56 Å². The van der Waals surface area contributed by atoms with Gasteiger partial charge in [-0.25, -0.2) is 9.38 Å². The maximum absolute atomic E-state index is 13.7. The summed E-state index contributed by atoms with van der Waals surface area (Å²) < 4.78 is 55.8. The number of amidine groups is 1. The molecular formula is C11H10F4N2O. The maximum Gasteiger partial charge on any atom is 0.416 e. The molecule has 98 valence electrons. The van der Waals surface area contributed by atoms with Gasteiger partial charge in [-0.1, -0.05) is 6.07 Å². The first-order valence-electron chi connectivity index (χ1n) is 5.08. The van der Waals surface area contributed by atoms with Crippen molar-refractivity contribution in [2.75, 3.05) is 6.61 Å². The highest BCUT2D eigenvalue weighted by molar-refractivity contribution is 5.74. The van der Waals surface area contributed by atoms with E-state index in [-0.39, 0.29) is 18.2 Å². The van der Waals surface area contributed by atoms with E-state index in [1.165, 1.54) is 0 Å². The van der Waals surface area contributed by atoms with Crippen molar-refractivity contribution in [3.8, 4) is 0 Å². The van der Waals surface area contributed by atoms with E-state index in [2.05, 4.69) is 4.99 Å². The van der Waals surface area contributed by atoms with Crippen molar-refractivity contribution in [2.45, 2.75) is 18.6 Å². The summed E-state index contributed by atoms with van der Waals surface area (Å²) in [7, 11) is 0. The lowest BCUT2D eigenvalue weighted by Crippen LogP contribution is -2.23. The summed E-state index contributed by atoms with van der Waals surface area (Å²) in [5, 5.41) is 0. The number of nitrogens with zero attached hydrogens (tertiary/aromatic N) is 1. The minimum absolute atomic E-state index is 0.00111. The average Bonchev–Trinajstić information content (AvgIpc) is 2.58. The maximum atomic E-state index is 13.7. The molecule has 0 bridgehead atoms. The number of alkyl halides is 3. The number of rotatable bonds is 1. The summed E-state index contributed by atoms with van der Waals surface area (Å²) in [6.45, 7) is 1.54. The molecule has 0 aromatic heterocycles. The van der Waals surface area contributed by atoms with Crippen molar-refractivity contribution in [2.24, 2.45) is 10.7 Å². The van der Waals surface area contributed by atoms with E-state index in [0.717, 1.165) is 12.1 Å². The fraction of sp³-hybridized carbons (Fsp3) is 0.364. The normalized spacial score (nSPS) is 23.7. The molecule has 1 aromatic carbocycles. The molecule has 0 radical (unpaired) electrons. The predicted octanol–water partition coefficient (Wildman–Crippen LogP) is 2.40. The van der Waals surface area contributed by atoms with Crippen LogP contribution in [0.5, 0.6) is 0 Å². The van der Waals surface area contributed by atoms with Crippen LogP contribution in [0.3, 0.4) is 0 Å². The molecule has 1 atom stereocenters. The molecular weight excluding hydrogens is 252 g/mol. The lowest BCUT2D eigenvalue weighted by Gasteiger charge is -2.20. The summed E-state index contributed by atoms with van der Waals surface area (Å²) in [5.74, 6) is -0.977. The number of ether oxygens (including phenoxy) is 1. The lowest BCUT2D eigenvalue weighted by molar-refractivity contribution is -0.137. The van der Waals surface area contributed by atoms with Crippen LogP contribution in [0.4, 0.5) is 17.6 Å². The van der Waals surface area contributed by atoms with Gasteiger partial charge in [-0.05, 0) is 19.1 Å². The number of benzene rings is 1. The second-order valence-corrected chi connectivity index (χ2v) is 4.20. The van der Waals surface area contributed by atoms with E-state index in [9.17, 15) is 17.6 Å². The monoisotopic (exact) mass is 262 g/mol. The van der Waals surface area contributed by atoms with Crippen molar-refractivity contribution >= 4 is 6.02 Å². The molecule has 2 N–H and O–H groups in total. The van der Waals surface area contributed by atoms with Crippen LogP contribution in [0.2, 0.25) is 0 Å². The van der Waals surface area contributed by atoms with Gasteiger partial charge in [0.15, 0.2) is 0 Å². The van der Waals surface area contributed by atoms with Crippen LogP contribution in [0, 0.1) is 5.82 Å². The lowest BCUT2D eigenvalue weighted by atomic mass is 9.92. The molecule has 1 aliphatic rings. The van der Waals surface area contributed by atoms with Crippen LogP contribution in [0.15, 0.2) is 23.2 Å². The van der Waals surface area contributed by atoms with E-state index in [4.69, 9.17) is 10.5 Å².